The highest BCUT2D eigenvalue weighted by molar-refractivity contribution is 5.96. The van der Waals surface area contributed by atoms with Gasteiger partial charge in [-0.25, -0.2) is 4.79 Å². The van der Waals surface area contributed by atoms with Gasteiger partial charge < -0.3 is 9.67 Å². The zero-order valence-electron chi connectivity index (χ0n) is 12.2. The second-order valence-corrected chi connectivity index (χ2v) is 4.92. The molecule has 1 aromatic carbocycles. The van der Waals surface area contributed by atoms with Gasteiger partial charge in [0.05, 0.1) is 0 Å². The Morgan fingerprint density at radius 1 is 1.29 bits per heavy atom. The minimum Gasteiger partial charge on any atom is -0.477 e. The first-order valence-corrected chi connectivity index (χ1v) is 6.55. The molecule has 0 saturated carbocycles. The smallest absolute Gasteiger partial charge is 0.346 e. The molecule has 0 aliphatic heterocycles. The fraction of sp³-hybridized carbons (Fsp3) is 0.176. The first-order chi connectivity index (χ1) is 9.95. The molecule has 0 radical (unpaired) electrons. The van der Waals surface area contributed by atoms with Crippen LogP contribution in [0, 0.1) is 32.1 Å². The maximum absolute atomic E-state index is 11.0. The molecular weight excluding hydrogens is 264 g/mol. The Morgan fingerprint density at radius 3 is 2.52 bits per heavy atom. The number of nitrogens with zero attached hydrogens (tertiary/aromatic N) is 2. The van der Waals surface area contributed by atoms with E-state index in [0.717, 1.165) is 28.2 Å². The number of nitriles is 1. The molecule has 0 amide bonds. The van der Waals surface area contributed by atoms with Crippen LogP contribution in [0.2, 0.25) is 0 Å². The van der Waals surface area contributed by atoms with Crippen LogP contribution in [-0.2, 0) is 4.79 Å². The molecule has 0 saturated heterocycles. The lowest BCUT2D eigenvalue weighted by molar-refractivity contribution is -0.132. The van der Waals surface area contributed by atoms with E-state index in [1.807, 2.05) is 51.1 Å². The number of benzene rings is 1. The quantitative estimate of drug-likeness (QED) is 0.692. The molecule has 1 heterocycles. The zero-order chi connectivity index (χ0) is 15.6. The molecule has 0 spiro atoms. The number of carboxylic acids is 1. The Bertz CT molecular complexity index is 777. The number of rotatable bonds is 3. The van der Waals surface area contributed by atoms with Crippen molar-refractivity contribution < 1.29 is 9.90 Å². The number of aryl methyl sites for hydroxylation is 2. The molecule has 0 fully saturated rings. The second-order valence-electron chi connectivity index (χ2n) is 4.92. The van der Waals surface area contributed by atoms with Gasteiger partial charge in [-0.05, 0) is 50.1 Å². The number of aromatic nitrogens is 1. The topological polar surface area (TPSA) is 66.0 Å². The van der Waals surface area contributed by atoms with E-state index >= 15 is 0 Å². The number of hydrogen-bond acceptors (Lipinski definition) is 2. The van der Waals surface area contributed by atoms with E-state index in [1.54, 1.807) is 6.07 Å². The lowest BCUT2D eigenvalue weighted by atomic mass is 10.1. The SMILES string of the molecule is Cc1ccccc1-n1c(C)cc(/C=C(\C#N)C(=O)O)c1C. The van der Waals surface area contributed by atoms with Crippen molar-refractivity contribution >= 4 is 12.0 Å². The molecule has 21 heavy (non-hydrogen) atoms. The Kier molecular flexibility index (Phi) is 3.95. The minimum atomic E-state index is -1.21. The highest BCUT2D eigenvalue weighted by Gasteiger charge is 2.13. The normalized spacial score (nSPS) is 11.2. The fourth-order valence-corrected chi connectivity index (χ4v) is 2.42. The van der Waals surface area contributed by atoms with Gasteiger partial charge in [0.2, 0.25) is 0 Å². The van der Waals surface area contributed by atoms with Crippen molar-refractivity contribution in [2.75, 3.05) is 0 Å². The number of aliphatic carboxylic acids is 1. The summed E-state index contributed by atoms with van der Waals surface area (Å²) in [6.07, 6.45) is 1.42. The van der Waals surface area contributed by atoms with E-state index in [0.29, 0.717) is 0 Å². The van der Waals surface area contributed by atoms with Crippen LogP contribution < -0.4 is 0 Å². The molecular formula is C17H16N2O2. The van der Waals surface area contributed by atoms with E-state index in [9.17, 15) is 4.79 Å². The average molecular weight is 280 g/mol. The number of carbonyl (C=O) groups is 1. The fourth-order valence-electron chi connectivity index (χ4n) is 2.42. The lowest BCUT2D eigenvalue weighted by Gasteiger charge is -2.12. The second kappa shape index (κ2) is 5.68. The highest BCUT2D eigenvalue weighted by atomic mass is 16.4. The van der Waals surface area contributed by atoms with Crippen LogP contribution in [0.1, 0.15) is 22.5 Å². The van der Waals surface area contributed by atoms with E-state index < -0.39 is 5.97 Å². The van der Waals surface area contributed by atoms with Crippen molar-refractivity contribution in [3.05, 3.63) is 58.4 Å². The molecule has 4 nitrogen and oxygen atoms in total. The van der Waals surface area contributed by atoms with Gasteiger partial charge in [-0.15, -0.1) is 0 Å². The average Bonchev–Trinajstić information content (AvgIpc) is 2.71. The van der Waals surface area contributed by atoms with Crippen molar-refractivity contribution in [1.82, 2.24) is 4.57 Å². The van der Waals surface area contributed by atoms with Gasteiger partial charge in [-0.2, -0.15) is 5.26 Å². The summed E-state index contributed by atoms with van der Waals surface area (Å²) in [6.45, 7) is 5.91. The summed E-state index contributed by atoms with van der Waals surface area (Å²) in [5.41, 5.74) is 4.58. The maximum Gasteiger partial charge on any atom is 0.346 e. The monoisotopic (exact) mass is 280 g/mol. The van der Waals surface area contributed by atoms with Crippen molar-refractivity contribution in [3.8, 4) is 11.8 Å². The molecule has 0 aliphatic carbocycles. The molecule has 0 bridgehead atoms. The van der Waals surface area contributed by atoms with Crippen molar-refractivity contribution in [2.45, 2.75) is 20.8 Å². The summed E-state index contributed by atoms with van der Waals surface area (Å²) in [4.78, 5) is 11.0. The van der Waals surface area contributed by atoms with Crippen LogP contribution in [0.15, 0.2) is 35.9 Å². The van der Waals surface area contributed by atoms with Crippen LogP contribution in [0.5, 0.6) is 0 Å². The summed E-state index contributed by atoms with van der Waals surface area (Å²) in [5.74, 6) is -1.21. The summed E-state index contributed by atoms with van der Waals surface area (Å²) in [7, 11) is 0. The molecule has 1 aromatic heterocycles. The first-order valence-electron chi connectivity index (χ1n) is 6.55. The summed E-state index contributed by atoms with van der Waals surface area (Å²) >= 11 is 0. The Balaban J connectivity index is 2.62. The van der Waals surface area contributed by atoms with Crippen LogP contribution in [-0.4, -0.2) is 15.6 Å². The Labute approximate surface area is 123 Å². The van der Waals surface area contributed by atoms with Crippen LogP contribution in [0.4, 0.5) is 0 Å². The third-order valence-electron chi connectivity index (χ3n) is 3.48. The predicted molar refractivity (Wildman–Crippen MR) is 81.2 cm³/mol. The van der Waals surface area contributed by atoms with Crippen molar-refractivity contribution in [3.63, 3.8) is 0 Å². The molecule has 2 aromatic rings. The van der Waals surface area contributed by atoms with Crippen LogP contribution in [0.3, 0.4) is 0 Å². The molecule has 0 unspecified atom stereocenters. The van der Waals surface area contributed by atoms with Gasteiger partial charge in [0.15, 0.2) is 0 Å². The van der Waals surface area contributed by atoms with Gasteiger partial charge in [-0.3, -0.25) is 0 Å². The highest BCUT2D eigenvalue weighted by Crippen LogP contribution is 2.24. The molecule has 4 heteroatoms. The minimum absolute atomic E-state index is 0.264. The number of hydrogen-bond donors (Lipinski definition) is 1. The van der Waals surface area contributed by atoms with Gasteiger partial charge in [0.1, 0.15) is 11.6 Å². The molecule has 1 N–H and O–H groups in total. The first kappa shape index (κ1) is 14.6. The lowest BCUT2D eigenvalue weighted by Crippen LogP contribution is -2.01. The van der Waals surface area contributed by atoms with Crippen molar-refractivity contribution in [2.24, 2.45) is 0 Å². The number of para-hydroxylation sites is 1. The summed E-state index contributed by atoms with van der Waals surface area (Å²) in [5, 5.41) is 17.8. The summed E-state index contributed by atoms with van der Waals surface area (Å²) < 4.78 is 2.07. The van der Waals surface area contributed by atoms with Crippen LogP contribution in [0.25, 0.3) is 11.8 Å². The standard InChI is InChI=1S/C17H16N2O2/c1-11-6-4-5-7-16(11)19-12(2)8-14(13(19)3)9-15(10-18)17(20)21/h4-9H,1-3H3,(H,20,21)/b15-9+. The Hall–Kier alpha value is -2.80. The molecule has 106 valence electrons. The van der Waals surface area contributed by atoms with E-state index in [4.69, 9.17) is 10.4 Å². The van der Waals surface area contributed by atoms with E-state index in [1.165, 1.54) is 6.08 Å². The number of carboxylic acid groups (broad SMARTS) is 1. The molecule has 2 rings (SSSR count). The predicted octanol–water partition coefficient (Wildman–Crippen LogP) is 3.39. The van der Waals surface area contributed by atoms with E-state index in [2.05, 4.69) is 4.57 Å². The van der Waals surface area contributed by atoms with Gasteiger partial charge in [0, 0.05) is 17.1 Å². The van der Waals surface area contributed by atoms with E-state index in [-0.39, 0.29) is 5.57 Å². The van der Waals surface area contributed by atoms with Gasteiger partial charge in [-0.1, -0.05) is 18.2 Å². The molecule has 0 atom stereocenters. The van der Waals surface area contributed by atoms with Crippen LogP contribution >= 0.6 is 0 Å². The largest absolute Gasteiger partial charge is 0.477 e. The molecule has 0 aliphatic rings. The third kappa shape index (κ3) is 2.72. The van der Waals surface area contributed by atoms with Gasteiger partial charge >= 0.3 is 5.97 Å². The summed E-state index contributed by atoms with van der Waals surface area (Å²) in [6, 6.07) is 11.6. The maximum atomic E-state index is 11.0. The van der Waals surface area contributed by atoms with Gasteiger partial charge in [0.25, 0.3) is 0 Å². The zero-order valence-corrected chi connectivity index (χ0v) is 12.2. The third-order valence-corrected chi connectivity index (χ3v) is 3.48. The van der Waals surface area contributed by atoms with Crippen molar-refractivity contribution in [1.29, 1.82) is 5.26 Å². The Morgan fingerprint density at radius 2 is 1.95 bits per heavy atom.